The van der Waals surface area contributed by atoms with Crippen LogP contribution in [0.25, 0.3) is 10.9 Å². The third-order valence-corrected chi connectivity index (χ3v) is 5.45. The number of unbranched alkanes of at least 4 members (excludes halogenated alkanes) is 5. The highest BCUT2D eigenvalue weighted by molar-refractivity contribution is 6.09. The number of nitrogens with zero attached hydrogens (tertiary/aromatic N) is 1. The molecule has 1 amide bonds. The van der Waals surface area contributed by atoms with E-state index in [1.54, 1.807) is 6.20 Å². The maximum absolute atomic E-state index is 13.2. The Morgan fingerprint density at radius 1 is 0.967 bits per heavy atom. The number of para-hydroxylation sites is 1. The summed E-state index contributed by atoms with van der Waals surface area (Å²) in [5.74, 6) is -0.0748. The number of hydrogen-bond donors (Lipinski definition) is 1. The Morgan fingerprint density at radius 3 is 2.63 bits per heavy atom. The van der Waals surface area contributed by atoms with Gasteiger partial charge >= 0.3 is 0 Å². The molecule has 0 aliphatic rings. The first kappa shape index (κ1) is 21.8. The molecule has 0 spiro atoms. The third-order valence-electron chi connectivity index (χ3n) is 5.45. The average molecular weight is 401 g/mol. The highest BCUT2D eigenvalue weighted by atomic mass is 16.1. The lowest BCUT2D eigenvalue weighted by Crippen LogP contribution is -2.16. The van der Waals surface area contributed by atoms with Gasteiger partial charge in [-0.3, -0.25) is 9.78 Å². The van der Waals surface area contributed by atoms with E-state index in [-0.39, 0.29) is 5.91 Å². The summed E-state index contributed by atoms with van der Waals surface area (Å²) < 4.78 is 0. The van der Waals surface area contributed by atoms with Crippen LogP contribution in [0.5, 0.6) is 0 Å². The summed E-state index contributed by atoms with van der Waals surface area (Å²) in [4.78, 5) is 17.6. The van der Waals surface area contributed by atoms with Crippen molar-refractivity contribution in [2.45, 2.75) is 58.8 Å². The fourth-order valence-corrected chi connectivity index (χ4v) is 3.81. The monoisotopic (exact) mass is 400 g/mol. The lowest BCUT2D eigenvalue weighted by Gasteiger charge is -2.13. The lowest BCUT2D eigenvalue weighted by molar-refractivity contribution is 0.102. The normalized spacial score (nSPS) is 11.3. The second kappa shape index (κ2) is 11.3. The standard InChI is InChI=1S/C27H32N2O/c1-3-4-5-6-7-8-9-10-15-22-16-11-14-21(2)25(22)27(30)29-24-19-12-17-23-18-13-20-28-26(23)24/h9-14,16-20H,3-8,15H2,1-2H3,(H,29,30)/b10-9+. The van der Waals surface area contributed by atoms with Crippen LogP contribution in [0.3, 0.4) is 0 Å². The van der Waals surface area contributed by atoms with Gasteiger partial charge in [0.05, 0.1) is 11.2 Å². The molecule has 3 aromatic rings. The van der Waals surface area contributed by atoms with Crippen LogP contribution in [0.2, 0.25) is 0 Å². The van der Waals surface area contributed by atoms with E-state index in [1.807, 2.05) is 49.4 Å². The van der Waals surface area contributed by atoms with E-state index in [2.05, 4.69) is 35.4 Å². The summed E-state index contributed by atoms with van der Waals surface area (Å²) in [6.07, 6.45) is 14.6. The number of carbonyl (C=O) groups is 1. The smallest absolute Gasteiger partial charge is 0.256 e. The SMILES string of the molecule is CCCCCCC/C=C/Cc1cccc(C)c1C(=O)Nc1cccc2cccnc12. The summed E-state index contributed by atoms with van der Waals surface area (Å²) >= 11 is 0. The van der Waals surface area contributed by atoms with Gasteiger partial charge < -0.3 is 5.32 Å². The molecule has 1 heterocycles. The number of nitrogens with one attached hydrogen (secondary N) is 1. The van der Waals surface area contributed by atoms with Crippen molar-refractivity contribution in [1.29, 1.82) is 0 Å². The van der Waals surface area contributed by atoms with Crippen LogP contribution in [0.4, 0.5) is 5.69 Å². The number of anilines is 1. The summed E-state index contributed by atoms with van der Waals surface area (Å²) in [6.45, 7) is 4.24. The molecule has 0 aliphatic carbocycles. The first-order valence-corrected chi connectivity index (χ1v) is 11.1. The Labute approximate surface area is 180 Å². The number of fused-ring (bicyclic) bond motifs is 1. The van der Waals surface area contributed by atoms with Crippen LogP contribution in [-0.4, -0.2) is 10.9 Å². The second-order valence-electron chi connectivity index (χ2n) is 7.82. The fraction of sp³-hybridized carbons (Fsp3) is 0.333. The molecule has 3 rings (SSSR count). The lowest BCUT2D eigenvalue weighted by atomic mass is 9.98. The zero-order chi connectivity index (χ0) is 21.2. The first-order chi connectivity index (χ1) is 14.7. The first-order valence-electron chi connectivity index (χ1n) is 11.1. The Kier molecular flexibility index (Phi) is 8.20. The zero-order valence-corrected chi connectivity index (χ0v) is 18.2. The van der Waals surface area contributed by atoms with E-state index in [0.29, 0.717) is 0 Å². The highest BCUT2D eigenvalue weighted by Gasteiger charge is 2.15. The van der Waals surface area contributed by atoms with Crippen molar-refractivity contribution in [3.05, 3.63) is 83.6 Å². The quantitative estimate of drug-likeness (QED) is 0.287. The van der Waals surface area contributed by atoms with Gasteiger partial charge in [-0.15, -0.1) is 0 Å². The predicted molar refractivity (Wildman–Crippen MR) is 127 cm³/mol. The minimum absolute atomic E-state index is 0.0748. The molecule has 156 valence electrons. The van der Waals surface area contributed by atoms with E-state index in [4.69, 9.17) is 0 Å². The van der Waals surface area contributed by atoms with E-state index >= 15 is 0 Å². The molecule has 0 saturated carbocycles. The summed E-state index contributed by atoms with van der Waals surface area (Å²) in [5, 5.41) is 4.10. The van der Waals surface area contributed by atoms with Gasteiger partial charge in [-0.2, -0.15) is 0 Å². The molecule has 0 fully saturated rings. The van der Waals surface area contributed by atoms with Crippen molar-refractivity contribution >= 4 is 22.5 Å². The second-order valence-corrected chi connectivity index (χ2v) is 7.82. The number of aryl methyl sites for hydroxylation is 1. The number of allylic oxidation sites excluding steroid dienone is 2. The number of hydrogen-bond acceptors (Lipinski definition) is 2. The Balaban J connectivity index is 1.69. The van der Waals surface area contributed by atoms with Gasteiger partial charge in [0.1, 0.15) is 0 Å². The number of benzene rings is 2. The summed E-state index contributed by atoms with van der Waals surface area (Å²) in [5.41, 5.74) is 4.37. The zero-order valence-electron chi connectivity index (χ0n) is 18.2. The molecular weight excluding hydrogens is 368 g/mol. The number of carbonyl (C=O) groups excluding carboxylic acids is 1. The molecule has 3 nitrogen and oxygen atoms in total. The van der Waals surface area contributed by atoms with E-state index in [1.165, 1.54) is 32.1 Å². The molecule has 0 saturated heterocycles. The number of amides is 1. The molecule has 1 aromatic heterocycles. The molecule has 1 N–H and O–H groups in total. The van der Waals surface area contributed by atoms with Gasteiger partial charge in [0.25, 0.3) is 5.91 Å². The van der Waals surface area contributed by atoms with Crippen LogP contribution in [-0.2, 0) is 6.42 Å². The summed E-state index contributed by atoms with van der Waals surface area (Å²) in [6, 6.07) is 15.8. The van der Waals surface area contributed by atoms with Gasteiger partial charge in [0.15, 0.2) is 0 Å². The third kappa shape index (κ3) is 5.79. The molecule has 0 bridgehead atoms. The number of aromatic nitrogens is 1. The molecular formula is C27H32N2O. The minimum Gasteiger partial charge on any atom is -0.320 e. The number of pyridine rings is 1. The van der Waals surface area contributed by atoms with E-state index < -0.39 is 0 Å². The van der Waals surface area contributed by atoms with Crippen molar-refractivity contribution in [1.82, 2.24) is 4.98 Å². The number of rotatable bonds is 10. The van der Waals surface area contributed by atoms with Crippen molar-refractivity contribution in [2.75, 3.05) is 5.32 Å². The van der Waals surface area contributed by atoms with Gasteiger partial charge in [0.2, 0.25) is 0 Å². The molecule has 0 unspecified atom stereocenters. The van der Waals surface area contributed by atoms with Crippen molar-refractivity contribution < 1.29 is 4.79 Å². The fourth-order valence-electron chi connectivity index (χ4n) is 3.81. The van der Waals surface area contributed by atoms with Gasteiger partial charge in [-0.05, 0) is 49.4 Å². The van der Waals surface area contributed by atoms with Gasteiger partial charge in [-0.25, -0.2) is 0 Å². The Hall–Kier alpha value is -2.94. The van der Waals surface area contributed by atoms with Crippen molar-refractivity contribution in [3.8, 4) is 0 Å². The van der Waals surface area contributed by atoms with E-state index in [0.717, 1.165) is 46.1 Å². The van der Waals surface area contributed by atoms with Crippen LogP contribution in [0.15, 0.2) is 66.9 Å². The van der Waals surface area contributed by atoms with Gasteiger partial charge in [0, 0.05) is 17.1 Å². The largest absolute Gasteiger partial charge is 0.320 e. The van der Waals surface area contributed by atoms with Gasteiger partial charge in [-0.1, -0.05) is 81.2 Å². The maximum Gasteiger partial charge on any atom is 0.256 e. The van der Waals surface area contributed by atoms with Crippen LogP contribution in [0, 0.1) is 6.92 Å². The molecule has 2 aromatic carbocycles. The van der Waals surface area contributed by atoms with E-state index in [9.17, 15) is 4.79 Å². The molecule has 0 atom stereocenters. The highest BCUT2D eigenvalue weighted by Crippen LogP contribution is 2.23. The molecule has 0 aliphatic heterocycles. The average Bonchev–Trinajstić information content (AvgIpc) is 2.76. The Morgan fingerprint density at radius 2 is 1.77 bits per heavy atom. The van der Waals surface area contributed by atoms with Crippen molar-refractivity contribution in [3.63, 3.8) is 0 Å². The summed E-state index contributed by atoms with van der Waals surface area (Å²) in [7, 11) is 0. The minimum atomic E-state index is -0.0748. The molecule has 0 radical (unpaired) electrons. The van der Waals surface area contributed by atoms with Crippen molar-refractivity contribution in [2.24, 2.45) is 0 Å². The predicted octanol–water partition coefficient (Wildman–Crippen LogP) is 7.25. The maximum atomic E-state index is 13.2. The molecule has 30 heavy (non-hydrogen) atoms. The molecule has 3 heteroatoms. The Bertz CT molecular complexity index is 1000. The topological polar surface area (TPSA) is 42.0 Å². The van der Waals surface area contributed by atoms with Crippen LogP contribution >= 0.6 is 0 Å². The van der Waals surface area contributed by atoms with Crippen LogP contribution < -0.4 is 5.32 Å². The van der Waals surface area contributed by atoms with Crippen LogP contribution in [0.1, 0.15) is 66.9 Å².